The zero-order valence-corrected chi connectivity index (χ0v) is 1.95. The molecule has 0 aliphatic heterocycles. The van der Waals surface area contributed by atoms with E-state index in [1.165, 1.54) is 0 Å². The fraction of sp³-hybridized carbons (Fsp3) is 0. The number of nitrogens with zero attached hydrogens (tertiary/aromatic N) is 1. The predicted molar refractivity (Wildman–Crippen MR) is 14.9 cm³/mol. The van der Waals surface area contributed by atoms with Gasteiger partial charge < -0.3 is 11.8 Å². The fourth-order valence-electron chi connectivity index (χ4n) is 0. The van der Waals surface area contributed by atoms with Gasteiger partial charge in [0.15, 0.2) is 0 Å². The van der Waals surface area contributed by atoms with E-state index in [2.05, 4.69) is 0 Å². The molecule has 0 heterocycles. The third-order valence-corrected chi connectivity index (χ3v) is 0. The van der Waals surface area contributed by atoms with E-state index in [1.807, 2.05) is 0 Å². The molecule has 0 fully saturated rings. The molecule has 3 heteroatoms. The van der Waals surface area contributed by atoms with Gasteiger partial charge in [0.2, 0.25) is 0 Å². The van der Waals surface area contributed by atoms with Gasteiger partial charge in [-0.05, 0) is 0 Å². The second-order valence-corrected chi connectivity index (χ2v) is 0. The third kappa shape index (κ3) is 123. The van der Waals surface area contributed by atoms with Crippen molar-refractivity contribution in [3.8, 4) is 0 Å². The van der Waals surface area contributed by atoms with Gasteiger partial charge in [-0.2, -0.15) is 0 Å². The van der Waals surface area contributed by atoms with Crippen molar-refractivity contribution in [2.45, 2.75) is 0 Å². The van der Waals surface area contributed by atoms with E-state index in [0.717, 1.165) is 0 Å². The summed E-state index contributed by atoms with van der Waals surface area (Å²) in [6.07, 6.45) is 0. The molecule has 0 N–H and O–H groups in total. The molecule has 0 unspecified atom stereocenters. The molecule has 4 heavy (non-hydrogen) atoms. The van der Waals surface area contributed by atoms with Gasteiger partial charge in [-0.3, -0.25) is 0 Å². The van der Waals surface area contributed by atoms with Crippen molar-refractivity contribution in [2.24, 2.45) is 0 Å². The first-order chi connectivity index (χ1) is 1.00. The van der Waals surface area contributed by atoms with Gasteiger partial charge in [0, 0.05) is 0 Å². The Morgan fingerprint density at radius 2 is 1.25 bits per heavy atom. The quantitative estimate of drug-likeness (QED) is 0.201. The van der Waals surface area contributed by atoms with Gasteiger partial charge in [0.1, 0.15) is 0 Å². The summed E-state index contributed by atoms with van der Waals surface area (Å²) in [5.41, 5.74) is 0. The molecule has 0 aliphatic rings. The predicted octanol–water partition coefficient (Wildman–Crippen LogP) is -4.08. The molecule has 0 amide bonds. The molecule has 0 atom stereocenters. The van der Waals surface area contributed by atoms with Crippen molar-refractivity contribution in [3.05, 3.63) is 6.57 Å². The minimum atomic E-state index is 0. The standard InChI is InChI=1S/CN.BH3.Li/c1-2;;/h;1H3;/q-1;;+1. The second kappa shape index (κ2) is 629. The number of hydrogen-bond donors (Lipinski definition) is 0. The molecule has 0 aromatic rings. The summed E-state index contributed by atoms with van der Waals surface area (Å²) in [7, 11) is 0. The Kier molecular flexibility index (Phi) is 4890. The Bertz CT molecular complexity index is 12.8. The Morgan fingerprint density at radius 1 is 1.25 bits per heavy atom. The van der Waals surface area contributed by atoms with Gasteiger partial charge in [-0.25, -0.2) is 0 Å². The fourth-order valence-corrected chi connectivity index (χ4v) is 0. The van der Waals surface area contributed by atoms with Crippen LogP contribution in [0, 0.1) is 11.8 Å². The molecule has 0 saturated heterocycles. The van der Waals surface area contributed by atoms with Crippen molar-refractivity contribution in [1.82, 2.24) is 0 Å². The summed E-state index contributed by atoms with van der Waals surface area (Å²) < 4.78 is 0. The van der Waals surface area contributed by atoms with Gasteiger partial charge >= 0.3 is 18.9 Å². The van der Waals surface area contributed by atoms with Crippen LogP contribution in [-0.2, 0) is 0 Å². The first-order valence-corrected chi connectivity index (χ1v) is 0.224. The minimum absolute atomic E-state index is 0. The smallest absolute Gasteiger partial charge is 0.512 e. The molecule has 0 saturated carbocycles. The summed E-state index contributed by atoms with van der Waals surface area (Å²) in [5.74, 6) is 0. The molecule has 0 aromatic carbocycles. The Hall–Kier alpha value is 0.152. The van der Waals surface area contributed by atoms with Crippen LogP contribution in [0.4, 0.5) is 0 Å². The van der Waals surface area contributed by atoms with Crippen LogP contribution in [-0.4, -0.2) is 8.41 Å². The molecule has 0 aliphatic carbocycles. The SMILES string of the molecule is B.[C-]#N.[Li+]. The van der Waals surface area contributed by atoms with E-state index >= 15 is 0 Å². The van der Waals surface area contributed by atoms with E-state index in [0.29, 0.717) is 0 Å². The first-order valence-electron chi connectivity index (χ1n) is 0.224. The molecule has 0 radical (unpaired) electrons. The maximum atomic E-state index is 6.25. The van der Waals surface area contributed by atoms with E-state index in [9.17, 15) is 0 Å². The molecule has 0 spiro atoms. The molecule has 0 aromatic heterocycles. The molecule has 1 nitrogen and oxygen atoms in total. The van der Waals surface area contributed by atoms with Gasteiger partial charge in [-0.15, -0.1) is 0 Å². The maximum absolute atomic E-state index is 6.25. The van der Waals surface area contributed by atoms with Crippen LogP contribution in [0.1, 0.15) is 0 Å². The number of hydrogen-bond acceptors (Lipinski definition) is 1. The van der Waals surface area contributed by atoms with E-state index in [1.54, 1.807) is 0 Å². The maximum Gasteiger partial charge on any atom is 1.00 e. The van der Waals surface area contributed by atoms with Crippen LogP contribution in [0.5, 0.6) is 0 Å². The summed E-state index contributed by atoms with van der Waals surface area (Å²) in [6, 6.07) is 0. The Morgan fingerprint density at radius 3 is 1.25 bits per heavy atom. The van der Waals surface area contributed by atoms with Crippen LogP contribution >= 0.6 is 0 Å². The van der Waals surface area contributed by atoms with Crippen molar-refractivity contribution >= 4 is 8.41 Å². The average molecular weight is 46.8 g/mol. The summed E-state index contributed by atoms with van der Waals surface area (Å²) >= 11 is 0. The normalized spacial score (nSPS) is 0.500. The van der Waals surface area contributed by atoms with Crippen molar-refractivity contribution in [3.63, 3.8) is 0 Å². The van der Waals surface area contributed by atoms with Gasteiger partial charge in [0.05, 0.1) is 8.41 Å². The monoisotopic (exact) mass is 47.1 g/mol. The topological polar surface area (TPSA) is 23.8 Å². The zero-order valence-electron chi connectivity index (χ0n) is 1.95. The molecular formula is CH3BLiN. The minimum Gasteiger partial charge on any atom is -0.512 e. The van der Waals surface area contributed by atoms with Gasteiger partial charge in [-0.1, -0.05) is 0 Å². The first kappa shape index (κ1) is 31.1. The van der Waals surface area contributed by atoms with Crippen LogP contribution in [0.3, 0.4) is 0 Å². The average Bonchev–Trinajstić information content (AvgIpc) is 1.00. The largest absolute Gasteiger partial charge is 1.00 e. The van der Waals surface area contributed by atoms with E-state index in [-0.39, 0.29) is 27.3 Å². The van der Waals surface area contributed by atoms with Crippen molar-refractivity contribution in [2.75, 3.05) is 0 Å². The summed E-state index contributed by atoms with van der Waals surface area (Å²) in [6.45, 7) is 4.75. The van der Waals surface area contributed by atoms with Crippen molar-refractivity contribution in [1.29, 1.82) is 5.26 Å². The van der Waals surface area contributed by atoms with Crippen LogP contribution in [0.25, 0.3) is 0 Å². The number of rotatable bonds is 0. The Balaban J connectivity index is -0.00000000500. The zero-order chi connectivity index (χ0) is 2.00. The summed E-state index contributed by atoms with van der Waals surface area (Å²) in [5, 5.41) is 6.25. The molecular weight excluding hydrogens is 43.8 g/mol. The van der Waals surface area contributed by atoms with Crippen LogP contribution in [0.2, 0.25) is 0 Å². The van der Waals surface area contributed by atoms with Crippen LogP contribution in [0.15, 0.2) is 0 Å². The molecule has 16 valence electrons. The van der Waals surface area contributed by atoms with Crippen molar-refractivity contribution < 1.29 is 18.9 Å². The summed E-state index contributed by atoms with van der Waals surface area (Å²) in [4.78, 5) is 0. The van der Waals surface area contributed by atoms with Gasteiger partial charge in [0.25, 0.3) is 0 Å². The molecule has 0 bridgehead atoms. The second-order valence-electron chi connectivity index (χ2n) is 0. The third-order valence-electron chi connectivity index (χ3n) is 0. The van der Waals surface area contributed by atoms with E-state index in [4.69, 9.17) is 11.8 Å². The Labute approximate surface area is 39.8 Å². The van der Waals surface area contributed by atoms with E-state index < -0.39 is 0 Å². The van der Waals surface area contributed by atoms with Crippen LogP contribution < -0.4 is 18.9 Å². The molecule has 0 rings (SSSR count).